The van der Waals surface area contributed by atoms with Gasteiger partial charge in [-0.25, -0.2) is 17.6 Å². The largest absolute Gasteiger partial charge is 0.349 e. The van der Waals surface area contributed by atoms with Gasteiger partial charge in [-0.05, 0) is 44.7 Å². The first-order valence-corrected chi connectivity index (χ1v) is 11.4. The Morgan fingerprint density at radius 2 is 1.92 bits per heavy atom. The van der Waals surface area contributed by atoms with Gasteiger partial charge in [0.2, 0.25) is 15.7 Å². The summed E-state index contributed by atoms with van der Waals surface area (Å²) in [6.07, 6.45) is 0. The summed E-state index contributed by atoms with van der Waals surface area (Å²) < 4.78 is 28.5. The Kier molecular flexibility index (Phi) is 6.66. The molecule has 6 nitrogen and oxygen atoms in total. The van der Waals surface area contributed by atoms with Crippen molar-refractivity contribution in [2.45, 2.75) is 31.4 Å². The van der Waals surface area contributed by atoms with Gasteiger partial charge in [-0.3, -0.25) is 4.58 Å². The molecule has 0 amide bonds. The molecule has 1 aromatic rings. The third kappa shape index (κ3) is 3.62. The summed E-state index contributed by atoms with van der Waals surface area (Å²) >= 11 is 7.74. The van der Waals surface area contributed by atoms with Gasteiger partial charge in [0.25, 0.3) is 0 Å². The van der Waals surface area contributed by atoms with Gasteiger partial charge in [-0.1, -0.05) is 17.7 Å². The Hall–Kier alpha value is -0.800. The van der Waals surface area contributed by atoms with Gasteiger partial charge in [0.1, 0.15) is 4.90 Å². The maximum absolute atomic E-state index is 12.6. The van der Waals surface area contributed by atoms with Crippen LogP contribution in [0.4, 0.5) is 0 Å². The molecular formula is C17H27ClN3O3S2+. The summed E-state index contributed by atoms with van der Waals surface area (Å²) in [5.74, 6) is 0.426. The van der Waals surface area contributed by atoms with Crippen LogP contribution in [-0.2, 0) is 15.7 Å². The van der Waals surface area contributed by atoms with Crippen LogP contribution < -0.4 is 0 Å². The number of halogens is 1. The van der Waals surface area contributed by atoms with E-state index in [-0.39, 0.29) is 9.92 Å². The van der Waals surface area contributed by atoms with E-state index in [9.17, 15) is 13.5 Å². The zero-order valence-corrected chi connectivity index (χ0v) is 18.2. The normalized spacial score (nSPS) is 20.9. The van der Waals surface area contributed by atoms with Gasteiger partial charge in [0, 0.05) is 19.7 Å². The molecule has 0 bridgehead atoms. The van der Waals surface area contributed by atoms with Crippen LogP contribution in [0.15, 0.2) is 23.1 Å². The van der Waals surface area contributed by atoms with Crippen LogP contribution >= 0.6 is 23.4 Å². The summed E-state index contributed by atoms with van der Waals surface area (Å²) in [5.41, 5.74) is -0.753. The molecule has 1 aromatic carbocycles. The average Bonchev–Trinajstić information content (AvgIpc) is 2.93. The summed E-state index contributed by atoms with van der Waals surface area (Å²) in [5, 5.41) is 12.6. The lowest BCUT2D eigenvalue weighted by molar-refractivity contribution is -0.523. The van der Waals surface area contributed by atoms with E-state index in [1.54, 1.807) is 23.9 Å². The molecule has 0 spiro atoms. The molecule has 9 heteroatoms. The van der Waals surface area contributed by atoms with Crippen LogP contribution in [0.1, 0.15) is 26.3 Å². The fourth-order valence-electron chi connectivity index (χ4n) is 3.02. The second-order valence-corrected chi connectivity index (χ2v) is 9.71. The minimum atomic E-state index is -3.70. The smallest absolute Gasteiger partial charge is 0.311 e. The van der Waals surface area contributed by atoms with Gasteiger partial charge < -0.3 is 5.11 Å². The molecule has 26 heavy (non-hydrogen) atoms. The zero-order chi connectivity index (χ0) is 19.7. The third-order valence-electron chi connectivity index (χ3n) is 4.58. The monoisotopic (exact) mass is 420 g/mol. The first kappa shape index (κ1) is 21.5. The van der Waals surface area contributed by atoms with Crippen LogP contribution in [0, 0.1) is 0 Å². The lowest BCUT2D eigenvalue weighted by atomic mass is 10.0. The minimum absolute atomic E-state index is 0.00688. The zero-order valence-electron chi connectivity index (χ0n) is 15.9. The predicted octanol–water partition coefficient (Wildman–Crippen LogP) is 2.21. The average molecular weight is 421 g/mol. The standard InChI is InChI=1S/C17H27ClN3O3S2/c1-6-20(7-2)16-21(8-3)17(22,12-25-16)13-9-10-14(18)15(11-13)26(23,24)19(4)5/h9-11,22H,6-8,12H2,1-5H3/q+1. The maximum Gasteiger partial charge on any atom is 0.311 e. The van der Waals surface area contributed by atoms with E-state index in [0.29, 0.717) is 17.9 Å². The van der Waals surface area contributed by atoms with Gasteiger partial charge in [0.05, 0.1) is 30.4 Å². The van der Waals surface area contributed by atoms with Crippen molar-refractivity contribution in [1.29, 1.82) is 0 Å². The van der Waals surface area contributed by atoms with Crippen LogP contribution in [-0.4, -0.2) is 72.0 Å². The van der Waals surface area contributed by atoms with Crippen molar-refractivity contribution in [3.8, 4) is 0 Å². The van der Waals surface area contributed by atoms with E-state index >= 15 is 0 Å². The molecule has 1 saturated heterocycles. The topological polar surface area (TPSA) is 63.9 Å². The Morgan fingerprint density at radius 1 is 1.31 bits per heavy atom. The number of amidine groups is 1. The van der Waals surface area contributed by atoms with Gasteiger partial charge in [0.15, 0.2) is 0 Å². The molecule has 1 fully saturated rings. The number of sulfonamides is 1. The molecule has 0 aliphatic carbocycles. The lowest BCUT2D eigenvalue weighted by Crippen LogP contribution is -2.47. The Morgan fingerprint density at radius 3 is 2.42 bits per heavy atom. The summed E-state index contributed by atoms with van der Waals surface area (Å²) in [4.78, 5) is 1.94. The Bertz CT molecular complexity index is 805. The van der Waals surface area contributed by atoms with E-state index < -0.39 is 15.7 Å². The van der Waals surface area contributed by atoms with Crippen molar-refractivity contribution in [2.75, 3.05) is 39.5 Å². The number of rotatable bonds is 6. The van der Waals surface area contributed by atoms with E-state index in [4.69, 9.17) is 11.6 Å². The molecule has 0 aromatic heterocycles. The van der Waals surface area contributed by atoms with Gasteiger partial charge in [-0.2, -0.15) is 0 Å². The number of nitrogens with zero attached hydrogens (tertiary/aromatic N) is 3. The highest BCUT2D eigenvalue weighted by Crippen LogP contribution is 2.40. The quantitative estimate of drug-likeness (QED) is 0.715. The van der Waals surface area contributed by atoms with Crippen molar-refractivity contribution >= 4 is 38.6 Å². The molecule has 2 rings (SSSR count). The minimum Gasteiger partial charge on any atom is -0.349 e. The SMILES string of the molecule is CCN1C(=[N+](CC)CC)SCC1(O)c1ccc(Cl)c(S(=O)(=O)N(C)C)c1. The Labute approximate surface area is 165 Å². The van der Waals surface area contributed by atoms with E-state index in [2.05, 4.69) is 18.4 Å². The highest BCUT2D eigenvalue weighted by Gasteiger charge is 2.51. The number of benzene rings is 1. The Balaban J connectivity index is 2.60. The molecule has 146 valence electrons. The van der Waals surface area contributed by atoms with Crippen LogP contribution in [0.25, 0.3) is 0 Å². The molecule has 0 saturated carbocycles. The maximum atomic E-state index is 12.6. The molecule has 1 aliphatic rings. The van der Waals surface area contributed by atoms with Crippen molar-refractivity contribution < 1.29 is 18.1 Å². The van der Waals surface area contributed by atoms with Crippen molar-refractivity contribution in [2.24, 2.45) is 0 Å². The van der Waals surface area contributed by atoms with Crippen LogP contribution in [0.5, 0.6) is 0 Å². The molecular weight excluding hydrogens is 394 g/mol. The molecule has 1 atom stereocenters. The van der Waals surface area contributed by atoms with Gasteiger partial charge in [-0.15, -0.1) is 0 Å². The van der Waals surface area contributed by atoms with Crippen molar-refractivity contribution in [1.82, 2.24) is 9.21 Å². The molecule has 1 N–H and O–H groups in total. The second-order valence-electron chi connectivity index (χ2n) is 6.24. The van der Waals surface area contributed by atoms with E-state index in [1.165, 1.54) is 20.2 Å². The van der Waals surface area contributed by atoms with Crippen LogP contribution in [0.3, 0.4) is 0 Å². The van der Waals surface area contributed by atoms with Gasteiger partial charge >= 0.3 is 5.17 Å². The lowest BCUT2D eigenvalue weighted by Gasteiger charge is -2.29. The number of aliphatic hydroxyl groups is 1. The summed E-state index contributed by atoms with van der Waals surface area (Å²) in [6, 6.07) is 4.73. The fourth-order valence-corrected chi connectivity index (χ4v) is 5.94. The first-order chi connectivity index (χ1) is 12.1. The predicted molar refractivity (Wildman–Crippen MR) is 107 cm³/mol. The van der Waals surface area contributed by atoms with Crippen LogP contribution in [0.2, 0.25) is 5.02 Å². The molecule has 1 unspecified atom stereocenters. The number of hydrogen-bond acceptors (Lipinski definition) is 4. The summed E-state index contributed by atoms with van der Waals surface area (Å²) in [6.45, 7) is 8.42. The molecule has 1 aliphatic heterocycles. The molecule has 1 heterocycles. The second kappa shape index (κ2) is 8.06. The van der Waals surface area contributed by atoms with Crippen molar-refractivity contribution in [3.05, 3.63) is 28.8 Å². The highest BCUT2D eigenvalue weighted by molar-refractivity contribution is 8.13. The summed E-state index contributed by atoms with van der Waals surface area (Å²) in [7, 11) is -0.779. The highest BCUT2D eigenvalue weighted by atomic mass is 35.5. The number of hydrogen-bond donors (Lipinski definition) is 1. The van der Waals surface area contributed by atoms with Crippen molar-refractivity contribution in [3.63, 3.8) is 0 Å². The fraction of sp³-hybridized carbons (Fsp3) is 0.588. The van der Waals surface area contributed by atoms with E-state index in [0.717, 1.165) is 22.6 Å². The number of thioether (sulfide) groups is 1. The van der Waals surface area contributed by atoms with E-state index in [1.807, 2.05) is 11.8 Å². The molecule has 0 radical (unpaired) electrons. The first-order valence-electron chi connectivity index (χ1n) is 8.60. The third-order valence-corrected chi connectivity index (χ3v) is 8.16.